The van der Waals surface area contributed by atoms with Crippen LogP contribution in [-0.4, -0.2) is 39.7 Å². The lowest BCUT2D eigenvalue weighted by Crippen LogP contribution is -2.44. The van der Waals surface area contributed by atoms with Crippen molar-refractivity contribution in [2.24, 2.45) is 0 Å². The van der Waals surface area contributed by atoms with Crippen molar-refractivity contribution in [2.75, 3.05) is 16.9 Å². The lowest BCUT2D eigenvalue weighted by atomic mass is 10.1. The number of rotatable bonds is 3. The second kappa shape index (κ2) is 6.49. The highest BCUT2D eigenvalue weighted by Crippen LogP contribution is 2.25. The molecule has 108 valence electrons. The van der Waals surface area contributed by atoms with E-state index < -0.39 is 12.0 Å². The molecule has 1 aliphatic heterocycles. The number of nitrogens with zero attached hydrogens (tertiary/aromatic N) is 1. The predicted octanol–water partition coefficient (Wildman–Crippen LogP) is 3.00. The van der Waals surface area contributed by atoms with Gasteiger partial charge in [0.1, 0.15) is 6.04 Å². The minimum Gasteiger partial charge on any atom is -0.480 e. The zero-order chi connectivity index (χ0) is 14.7. The van der Waals surface area contributed by atoms with Gasteiger partial charge >= 0.3 is 12.0 Å². The van der Waals surface area contributed by atoms with Crippen molar-refractivity contribution in [1.29, 1.82) is 0 Å². The number of carbonyl (C=O) groups is 2. The minimum atomic E-state index is -0.961. The molecule has 1 heterocycles. The van der Waals surface area contributed by atoms with Crippen LogP contribution in [0.1, 0.15) is 12.5 Å². The Bertz CT molecular complexity index is 538. The van der Waals surface area contributed by atoms with Crippen LogP contribution < -0.4 is 5.32 Å². The van der Waals surface area contributed by atoms with Crippen LogP contribution in [0.5, 0.6) is 0 Å². The van der Waals surface area contributed by atoms with E-state index in [0.29, 0.717) is 11.6 Å². The molecule has 1 saturated heterocycles. The zero-order valence-electron chi connectivity index (χ0n) is 10.9. The number of anilines is 1. The van der Waals surface area contributed by atoms with Crippen molar-refractivity contribution in [1.82, 2.24) is 4.90 Å². The van der Waals surface area contributed by atoms with Crippen LogP contribution in [0.15, 0.2) is 22.7 Å². The number of urea groups is 1. The molecule has 0 aromatic heterocycles. The summed E-state index contributed by atoms with van der Waals surface area (Å²) >= 11 is 4.84. The monoisotopic (exact) mass is 358 g/mol. The molecular formula is C13H15BrN2O3S. The van der Waals surface area contributed by atoms with Gasteiger partial charge in [-0.15, -0.1) is 11.8 Å². The number of carboxylic acids is 1. The standard InChI is InChI=1S/C13H15BrN2O3S/c1-2-8-5-9(14)3-4-10(8)15-13(19)16-7-20-6-11(16)12(17)18/h3-5,11H,2,6-7H2,1H3,(H,15,19)(H,17,18). The zero-order valence-corrected chi connectivity index (χ0v) is 13.3. The highest BCUT2D eigenvalue weighted by atomic mass is 79.9. The highest BCUT2D eigenvalue weighted by Gasteiger charge is 2.34. The van der Waals surface area contributed by atoms with Crippen LogP contribution in [0.3, 0.4) is 0 Å². The van der Waals surface area contributed by atoms with Gasteiger partial charge in [0.25, 0.3) is 0 Å². The van der Waals surface area contributed by atoms with Crippen molar-refractivity contribution in [3.63, 3.8) is 0 Å². The normalized spacial score (nSPS) is 18.1. The summed E-state index contributed by atoms with van der Waals surface area (Å²) in [7, 11) is 0. The summed E-state index contributed by atoms with van der Waals surface area (Å²) in [6.07, 6.45) is 0.784. The number of hydrogen-bond acceptors (Lipinski definition) is 3. The molecule has 0 spiro atoms. The fourth-order valence-electron chi connectivity index (χ4n) is 2.01. The number of benzene rings is 1. The van der Waals surface area contributed by atoms with Gasteiger partial charge in [-0.25, -0.2) is 9.59 Å². The van der Waals surface area contributed by atoms with Crippen LogP contribution in [0, 0.1) is 0 Å². The van der Waals surface area contributed by atoms with Crippen LogP contribution in [-0.2, 0) is 11.2 Å². The second-order valence-electron chi connectivity index (χ2n) is 4.41. The van der Waals surface area contributed by atoms with E-state index in [1.165, 1.54) is 16.7 Å². The summed E-state index contributed by atoms with van der Waals surface area (Å²) in [6, 6.07) is 4.50. The van der Waals surface area contributed by atoms with E-state index in [0.717, 1.165) is 22.1 Å². The molecule has 2 N–H and O–H groups in total. The topological polar surface area (TPSA) is 69.6 Å². The van der Waals surface area contributed by atoms with Crippen molar-refractivity contribution in [3.8, 4) is 0 Å². The number of aliphatic carboxylic acids is 1. The molecule has 0 radical (unpaired) electrons. The average Bonchev–Trinajstić information content (AvgIpc) is 2.90. The van der Waals surface area contributed by atoms with Gasteiger partial charge in [0.2, 0.25) is 0 Å². The Balaban J connectivity index is 2.13. The molecule has 0 saturated carbocycles. The lowest BCUT2D eigenvalue weighted by Gasteiger charge is -2.21. The van der Waals surface area contributed by atoms with E-state index >= 15 is 0 Å². The van der Waals surface area contributed by atoms with Crippen LogP contribution in [0.25, 0.3) is 0 Å². The van der Waals surface area contributed by atoms with E-state index in [1.807, 2.05) is 25.1 Å². The Morgan fingerprint density at radius 2 is 2.30 bits per heavy atom. The quantitative estimate of drug-likeness (QED) is 0.871. The van der Waals surface area contributed by atoms with E-state index in [9.17, 15) is 9.59 Å². The molecule has 7 heteroatoms. The third-order valence-corrected chi connectivity index (χ3v) is 4.62. The molecule has 2 amide bonds. The van der Waals surface area contributed by atoms with Gasteiger partial charge < -0.3 is 15.3 Å². The summed E-state index contributed by atoms with van der Waals surface area (Å²) in [6.45, 7) is 2.00. The molecule has 5 nitrogen and oxygen atoms in total. The number of halogens is 1. The highest BCUT2D eigenvalue weighted by molar-refractivity contribution is 9.10. The Kier molecular flexibility index (Phi) is 4.93. The van der Waals surface area contributed by atoms with Gasteiger partial charge in [-0.3, -0.25) is 0 Å². The number of carboxylic acid groups (broad SMARTS) is 1. The van der Waals surface area contributed by atoms with Gasteiger partial charge in [0.05, 0.1) is 5.88 Å². The summed E-state index contributed by atoms with van der Waals surface area (Å²) in [5.74, 6) is -0.124. The predicted molar refractivity (Wildman–Crippen MR) is 83.1 cm³/mol. The van der Waals surface area contributed by atoms with E-state index in [2.05, 4.69) is 21.2 Å². The van der Waals surface area contributed by atoms with Crippen molar-refractivity contribution >= 4 is 45.4 Å². The Morgan fingerprint density at radius 1 is 1.55 bits per heavy atom. The number of amides is 2. The number of hydrogen-bond donors (Lipinski definition) is 2. The fraction of sp³-hybridized carbons (Fsp3) is 0.385. The Morgan fingerprint density at radius 3 is 2.95 bits per heavy atom. The number of nitrogens with one attached hydrogen (secondary N) is 1. The first-order valence-electron chi connectivity index (χ1n) is 6.19. The van der Waals surface area contributed by atoms with Gasteiger partial charge in [-0.1, -0.05) is 22.9 Å². The van der Waals surface area contributed by atoms with Crippen molar-refractivity contribution in [3.05, 3.63) is 28.2 Å². The van der Waals surface area contributed by atoms with Gasteiger partial charge in [-0.05, 0) is 30.2 Å². The van der Waals surface area contributed by atoms with Crippen molar-refractivity contribution in [2.45, 2.75) is 19.4 Å². The maximum atomic E-state index is 12.2. The molecule has 0 bridgehead atoms. The summed E-state index contributed by atoms with van der Waals surface area (Å²) in [5, 5.41) is 11.9. The number of aryl methyl sites for hydroxylation is 1. The van der Waals surface area contributed by atoms with E-state index in [-0.39, 0.29) is 6.03 Å². The number of thioether (sulfide) groups is 1. The Hall–Kier alpha value is -1.21. The maximum absolute atomic E-state index is 12.2. The van der Waals surface area contributed by atoms with E-state index in [1.54, 1.807) is 0 Å². The molecule has 0 aliphatic carbocycles. The fourth-order valence-corrected chi connectivity index (χ4v) is 3.56. The van der Waals surface area contributed by atoms with Crippen LogP contribution in [0.2, 0.25) is 0 Å². The van der Waals surface area contributed by atoms with Crippen LogP contribution in [0.4, 0.5) is 10.5 Å². The number of carbonyl (C=O) groups excluding carboxylic acids is 1. The third kappa shape index (κ3) is 3.27. The molecule has 1 unspecified atom stereocenters. The van der Waals surface area contributed by atoms with Gasteiger partial charge in [0.15, 0.2) is 0 Å². The minimum absolute atomic E-state index is 0.362. The van der Waals surface area contributed by atoms with Crippen molar-refractivity contribution < 1.29 is 14.7 Å². The maximum Gasteiger partial charge on any atom is 0.327 e. The molecule has 1 aromatic rings. The largest absolute Gasteiger partial charge is 0.480 e. The smallest absolute Gasteiger partial charge is 0.327 e. The first-order chi connectivity index (χ1) is 9.52. The van der Waals surface area contributed by atoms with Gasteiger partial charge in [0, 0.05) is 15.9 Å². The lowest BCUT2D eigenvalue weighted by molar-refractivity contribution is -0.140. The second-order valence-corrected chi connectivity index (χ2v) is 6.32. The molecule has 1 fully saturated rings. The molecule has 1 aliphatic rings. The summed E-state index contributed by atoms with van der Waals surface area (Å²) in [4.78, 5) is 24.7. The molecular weight excluding hydrogens is 344 g/mol. The molecule has 1 aromatic carbocycles. The van der Waals surface area contributed by atoms with E-state index in [4.69, 9.17) is 5.11 Å². The average molecular weight is 359 g/mol. The molecule has 2 rings (SSSR count). The first-order valence-corrected chi connectivity index (χ1v) is 8.14. The SMILES string of the molecule is CCc1cc(Br)ccc1NC(=O)N1CSCC1C(=O)O. The third-order valence-electron chi connectivity index (χ3n) is 3.12. The molecule has 20 heavy (non-hydrogen) atoms. The Labute approximate surface area is 129 Å². The van der Waals surface area contributed by atoms with Gasteiger partial charge in [-0.2, -0.15) is 0 Å². The first kappa shape index (κ1) is 15.2. The summed E-state index contributed by atoms with van der Waals surface area (Å²) in [5.41, 5.74) is 1.73. The summed E-state index contributed by atoms with van der Waals surface area (Å²) < 4.78 is 0.951. The molecule has 1 atom stereocenters. The van der Waals surface area contributed by atoms with Crippen LogP contribution >= 0.6 is 27.7 Å².